The van der Waals surface area contributed by atoms with E-state index >= 15 is 0 Å². The van der Waals surface area contributed by atoms with Crippen molar-refractivity contribution in [3.05, 3.63) is 102 Å². The van der Waals surface area contributed by atoms with Gasteiger partial charge in [-0.25, -0.2) is 8.42 Å². The van der Waals surface area contributed by atoms with Crippen LogP contribution in [0.1, 0.15) is 21.5 Å². The lowest BCUT2D eigenvalue weighted by Crippen LogP contribution is -2.22. The summed E-state index contributed by atoms with van der Waals surface area (Å²) in [4.78, 5) is 12.6. The molecule has 0 saturated carbocycles. The maximum Gasteiger partial charge on any atom is 0.251 e. The van der Waals surface area contributed by atoms with Crippen LogP contribution in [0.3, 0.4) is 0 Å². The molecule has 0 atom stereocenters. The zero-order chi connectivity index (χ0) is 18.4. The van der Waals surface area contributed by atoms with E-state index in [2.05, 4.69) is 5.32 Å². The highest BCUT2D eigenvalue weighted by atomic mass is 32.2. The summed E-state index contributed by atoms with van der Waals surface area (Å²) < 4.78 is 25.0. The van der Waals surface area contributed by atoms with Crippen molar-refractivity contribution in [2.75, 3.05) is 0 Å². The molecule has 0 fully saturated rings. The predicted octanol–water partition coefficient (Wildman–Crippen LogP) is 3.59. The third-order valence-electron chi connectivity index (χ3n) is 3.94. The van der Waals surface area contributed by atoms with Crippen LogP contribution in [-0.2, 0) is 22.1 Å². The topological polar surface area (TPSA) is 63.2 Å². The van der Waals surface area contributed by atoms with Gasteiger partial charge in [0.05, 0.1) is 10.6 Å². The molecule has 0 spiro atoms. The van der Waals surface area contributed by atoms with Crippen molar-refractivity contribution in [2.45, 2.75) is 17.2 Å². The first kappa shape index (κ1) is 17.9. The molecule has 3 aromatic rings. The van der Waals surface area contributed by atoms with E-state index in [-0.39, 0.29) is 16.6 Å². The van der Waals surface area contributed by atoms with Crippen molar-refractivity contribution in [2.24, 2.45) is 0 Å². The molecule has 0 radical (unpaired) electrons. The van der Waals surface area contributed by atoms with E-state index < -0.39 is 9.84 Å². The first-order chi connectivity index (χ1) is 12.5. The summed E-state index contributed by atoms with van der Waals surface area (Å²) in [5.41, 5.74) is 2.03. The van der Waals surface area contributed by atoms with Crippen LogP contribution in [-0.4, -0.2) is 14.3 Å². The van der Waals surface area contributed by atoms with Crippen LogP contribution in [0.4, 0.5) is 0 Å². The van der Waals surface area contributed by atoms with Crippen molar-refractivity contribution in [3.8, 4) is 0 Å². The number of nitrogens with one attached hydrogen (secondary N) is 1. The minimum atomic E-state index is -3.44. The maximum atomic E-state index is 12.5. The number of sulfone groups is 1. The second-order valence-corrected chi connectivity index (χ2v) is 7.93. The molecule has 0 aliphatic heterocycles. The van der Waals surface area contributed by atoms with Crippen LogP contribution in [0, 0.1) is 0 Å². The third kappa shape index (κ3) is 4.58. The fourth-order valence-electron chi connectivity index (χ4n) is 2.61. The molecule has 0 aromatic heterocycles. The predicted molar refractivity (Wildman–Crippen MR) is 101 cm³/mol. The Bertz CT molecular complexity index is 984. The number of amides is 1. The lowest BCUT2D eigenvalue weighted by atomic mass is 10.1. The molecule has 0 aliphatic rings. The second kappa shape index (κ2) is 7.97. The molecular formula is C21H19NO3S. The second-order valence-electron chi connectivity index (χ2n) is 5.94. The SMILES string of the molecule is O=C(NCc1ccccc1)c1cccc(CS(=O)(=O)c2ccccc2)c1. The fourth-order valence-corrected chi connectivity index (χ4v) is 3.97. The van der Waals surface area contributed by atoms with Gasteiger partial charge in [0, 0.05) is 12.1 Å². The van der Waals surface area contributed by atoms with Crippen LogP contribution in [0.15, 0.2) is 89.8 Å². The first-order valence-electron chi connectivity index (χ1n) is 8.23. The Morgan fingerprint density at radius 1 is 0.769 bits per heavy atom. The van der Waals surface area contributed by atoms with E-state index in [1.54, 1.807) is 54.6 Å². The summed E-state index contributed by atoms with van der Waals surface area (Å²) >= 11 is 0. The van der Waals surface area contributed by atoms with Crippen molar-refractivity contribution >= 4 is 15.7 Å². The number of hydrogen-bond donors (Lipinski definition) is 1. The van der Waals surface area contributed by atoms with Crippen LogP contribution in [0.2, 0.25) is 0 Å². The number of rotatable bonds is 6. The standard InChI is InChI=1S/C21H19NO3S/c23-21(22-15-17-8-3-1-4-9-17)19-11-7-10-18(14-19)16-26(24,25)20-12-5-2-6-13-20/h1-14H,15-16H2,(H,22,23). The number of carbonyl (C=O) groups is 1. The molecule has 3 rings (SSSR count). The molecule has 0 saturated heterocycles. The van der Waals surface area contributed by atoms with Crippen LogP contribution < -0.4 is 5.32 Å². The normalized spacial score (nSPS) is 11.1. The van der Waals surface area contributed by atoms with Gasteiger partial charge in [0.1, 0.15) is 0 Å². The highest BCUT2D eigenvalue weighted by Crippen LogP contribution is 2.17. The maximum absolute atomic E-state index is 12.5. The van der Waals surface area contributed by atoms with E-state index in [0.29, 0.717) is 17.7 Å². The van der Waals surface area contributed by atoms with Gasteiger partial charge in [-0.3, -0.25) is 4.79 Å². The zero-order valence-corrected chi connectivity index (χ0v) is 14.9. The summed E-state index contributed by atoms with van der Waals surface area (Å²) in [7, 11) is -3.44. The van der Waals surface area contributed by atoms with Crippen LogP contribution in [0.5, 0.6) is 0 Å². The van der Waals surface area contributed by atoms with Crippen molar-refractivity contribution in [1.29, 1.82) is 0 Å². The van der Waals surface area contributed by atoms with Crippen molar-refractivity contribution in [3.63, 3.8) is 0 Å². The average Bonchev–Trinajstić information content (AvgIpc) is 2.67. The van der Waals surface area contributed by atoms with Gasteiger partial charge in [-0.1, -0.05) is 60.7 Å². The number of hydrogen-bond acceptors (Lipinski definition) is 3. The molecule has 26 heavy (non-hydrogen) atoms. The van der Waals surface area contributed by atoms with E-state index in [4.69, 9.17) is 0 Å². The molecule has 0 heterocycles. The lowest BCUT2D eigenvalue weighted by Gasteiger charge is -2.08. The van der Waals surface area contributed by atoms with E-state index in [0.717, 1.165) is 5.56 Å². The summed E-state index contributed by atoms with van der Waals surface area (Å²) in [6.45, 7) is 0.423. The van der Waals surface area contributed by atoms with Gasteiger partial charge in [-0.15, -0.1) is 0 Å². The van der Waals surface area contributed by atoms with Crippen LogP contribution >= 0.6 is 0 Å². The molecule has 1 N–H and O–H groups in total. The average molecular weight is 365 g/mol. The quantitative estimate of drug-likeness (QED) is 0.726. The molecule has 3 aromatic carbocycles. The Balaban J connectivity index is 1.71. The smallest absolute Gasteiger partial charge is 0.251 e. The van der Waals surface area contributed by atoms with Gasteiger partial charge >= 0.3 is 0 Å². The van der Waals surface area contributed by atoms with Crippen molar-refractivity contribution < 1.29 is 13.2 Å². The third-order valence-corrected chi connectivity index (χ3v) is 5.65. The Morgan fingerprint density at radius 2 is 1.38 bits per heavy atom. The van der Waals surface area contributed by atoms with Crippen molar-refractivity contribution in [1.82, 2.24) is 5.32 Å². The summed E-state index contributed by atoms with van der Waals surface area (Å²) in [5.74, 6) is -0.371. The van der Waals surface area contributed by atoms with E-state index in [1.165, 1.54) is 0 Å². The Kier molecular flexibility index (Phi) is 5.49. The van der Waals surface area contributed by atoms with Gasteiger partial charge in [0.2, 0.25) is 0 Å². The van der Waals surface area contributed by atoms with Gasteiger partial charge < -0.3 is 5.32 Å². The summed E-state index contributed by atoms with van der Waals surface area (Å²) in [6, 6.07) is 24.7. The Labute approximate surface area is 153 Å². The van der Waals surface area contributed by atoms with E-state index in [1.807, 2.05) is 30.3 Å². The molecule has 1 amide bonds. The summed E-state index contributed by atoms with van der Waals surface area (Å²) in [6.07, 6.45) is 0. The lowest BCUT2D eigenvalue weighted by molar-refractivity contribution is 0.0951. The molecular weight excluding hydrogens is 346 g/mol. The van der Waals surface area contributed by atoms with Gasteiger partial charge in [0.15, 0.2) is 9.84 Å². The van der Waals surface area contributed by atoms with E-state index in [9.17, 15) is 13.2 Å². The minimum absolute atomic E-state index is 0.142. The molecule has 0 bridgehead atoms. The molecule has 5 heteroatoms. The molecule has 4 nitrogen and oxygen atoms in total. The largest absolute Gasteiger partial charge is 0.348 e. The molecule has 132 valence electrons. The molecule has 0 unspecified atom stereocenters. The van der Waals surface area contributed by atoms with Gasteiger partial charge in [-0.2, -0.15) is 0 Å². The highest BCUT2D eigenvalue weighted by Gasteiger charge is 2.16. The Morgan fingerprint density at radius 3 is 2.08 bits per heavy atom. The highest BCUT2D eigenvalue weighted by molar-refractivity contribution is 7.90. The zero-order valence-electron chi connectivity index (χ0n) is 14.1. The Hall–Kier alpha value is -2.92. The number of carbonyl (C=O) groups excluding carboxylic acids is 1. The molecule has 0 aliphatic carbocycles. The number of benzene rings is 3. The summed E-state index contributed by atoms with van der Waals surface area (Å²) in [5, 5.41) is 2.85. The van der Waals surface area contributed by atoms with Crippen LogP contribution in [0.25, 0.3) is 0 Å². The van der Waals surface area contributed by atoms with Gasteiger partial charge in [0.25, 0.3) is 5.91 Å². The minimum Gasteiger partial charge on any atom is -0.348 e. The fraction of sp³-hybridized carbons (Fsp3) is 0.0952. The monoisotopic (exact) mass is 365 g/mol. The first-order valence-corrected chi connectivity index (χ1v) is 9.89. The van der Waals surface area contributed by atoms with Gasteiger partial charge in [-0.05, 0) is 35.4 Å².